The summed E-state index contributed by atoms with van der Waals surface area (Å²) in [4.78, 5) is 3.34. The molecule has 0 aliphatic heterocycles. The van der Waals surface area contributed by atoms with Gasteiger partial charge in [-0.1, -0.05) is 32.1 Å². The summed E-state index contributed by atoms with van der Waals surface area (Å²) in [5.41, 5.74) is 0.942. The summed E-state index contributed by atoms with van der Waals surface area (Å²) in [5.74, 6) is -0.102. The number of methoxy groups -OCH3 is 2. The molecular formula is C26H33BrF2N4O4S2. The number of nitrogens with zero attached hydrogens (tertiary/aromatic N) is 2. The Morgan fingerprint density at radius 1 is 1.15 bits per heavy atom. The van der Waals surface area contributed by atoms with Crippen molar-refractivity contribution in [2.75, 3.05) is 37.4 Å². The molecule has 0 aliphatic rings. The fraction of sp³-hybridized carbons (Fsp3) is 0.423. The molecule has 0 saturated heterocycles. The Morgan fingerprint density at radius 2 is 1.87 bits per heavy atom. The summed E-state index contributed by atoms with van der Waals surface area (Å²) in [6, 6.07) is 7.30. The minimum Gasteiger partial charge on any atom is -0.497 e. The molecule has 0 saturated carbocycles. The van der Waals surface area contributed by atoms with Crippen LogP contribution in [0.3, 0.4) is 0 Å². The highest BCUT2D eigenvalue weighted by Gasteiger charge is 2.32. The Hall–Kier alpha value is -2.48. The summed E-state index contributed by atoms with van der Waals surface area (Å²) in [5, 5.41) is 5.61. The Kier molecular flexibility index (Phi) is 10.2. The normalized spacial score (nSPS) is 12.7. The molecule has 0 unspecified atom stereocenters. The van der Waals surface area contributed by atoms with Gasteiger partial charge in [0.1, 0.15) is 22.2 Å². The van der Waals surface area contributed by atoms with Gasteiger partial charge in [0.2, 0.25) is 5.13 Å². The number of nitrogens with one attached hydrogen (secondary N) is 2. The predicted octanol–water partition coefficient (Wildman–Crippen LogP) is 6.03. The molecule has 13 heteroatoms. The van der Waals surface area contributed by atoms with Gasteiger partial charge in [0.05, 0.1) is 32.6 Å². The number of benzene rings is 2. The van der Waals surface area contributed by atoms with Crippen molar-refractivity contribution < 1.29 is 26.7 Å². The quantitative estimate of drug-likeness (QED) is 0.248. The summed E-state index contributed by atoms with van der Waals surface area (Å²) in [6.45, 7) is 6.62. The highest BCUT2D eigenvalue weighted by Crippen LogP contribution is 2.36. The number of rotatable bonds is 12. The fourth-order valence-electron chi connectivity index (χ4n) is 3.98. The third-order valence-electron chi connectivity index (χ3n) is 5.88. The van der Waals surface area contributed by atoms with E-state index in [1.54, 1.807) is 18.2 Å². The van der Waals surface area contributed by atoms with Crippen molar-refractivity contribution in [3.8, 4) is 11.5 Å². The van der Waals surface area contributed by atoms with Gasteiger partial charge in [-0.3, -0.25) is 0 Å². The van der Waals surface area contributed by atoms with E-state index in [2.05, 4.69) is 52.3 Å². The molecule has 3 rings (SSSR count). The first-order chi connectivity index (χ1) is 18.3. The molecule has 1 heterocycles. The van der Waals surface area contributed by atoms with Crippen LogP contribution in [-0.4, -0.2) is 47.3 Å². The van der Waals surface area contributed by atoms with Gasteiger partial charge in [-0.25, -0.2) is 22.1 Å². The van der Waals surface area contributed by atoms with E-state index in [1.165, 1.54) is 20.3 Å². The van der Waals surface area contributed by atoms with Crippen molar-refractivity contribution in [2.45, 2.75) is 44.7 Å². The molecule has 0 fully saturated rings. The fourth-order valence-corrected chi connectivity index (χ4v) is 6.95. The number of aromatic nitrogens is 1. The molecule has 0 bridgehead atoms. The second kappa shape index (κ2) is 12.8. The van der Waals surface area contributed by atoms with E-state index in [-0.39, 0.29) is 23.1 Å². The van der Waals surface area contributed by atoms with Crippen LogP contribution in [0.25, 0.3) is 0 Å². The smallest absolute Gasteiger partial charge is 0.269 e. The van der Waals surface area contributed by atoms with Gasteiger partial charge in [-0.15, -0.1) is 0 Å². The molecule has 0 amide bonds. The van der Waals surface area contributed by atoms with Crippen LogP contribution in [0.2, 0.25) is 0 Å². The SMILES string of the molecule is CN[C@H](CNc1cc(F)c(S(=O)(=O)N(Cc2ccc(OC)cc2OC)c2ncc(F)s2)cc1Br)CC(C)(C)C. The Balaban J connectivity index is 1.98. The number of hydrogen-bond donors (Lipinski definition) is 2. The Labute approximate surface area is 240 Å². The van der Waals surface area contributed by atoms with Crippen molar-refractivity contribution >= 4 is 48.1 Å². The van der Waals surface area contributed by atoms with Crippen LogP contribution in [0.15, 0.2) is 45.9 Å². The first-order valence-corrected chi connectivity index (χ1v) is 15.1. The molecule has 1 atom stereocenters. The lowest BCUT2D eigenvalue weighted by Crippen LogP contribution is -2.36. The lowest BCUT2D eigenvalue weighted by atomic mass is 9.88. The molecule has 3 aromatic rings. The maximum atomic E-state index is 15.5. The summed E-state index contributed by atoms with van der Waals surface area (Å²) in [7, 11) is 0.257. The van der Waals surface area contributed by atoms with Gasteiger partial charge in [0, 0.05) is 28.7 Å². The molecule has 2 aromatic carbocycles. The van der Waals surface area contributed by atoms with Gasteiger partial charge >= 0.3 is 0 Å². The lowest BCUT2D eigenvalue weighted by molar-refractivity contribution is 0.323. The second-order valence-electron chi connectivity index (χ2n) is 10.0. The van der Waals surface area contributed by atoms with Gasteiger partial charge < -0.3 is 20.1 Å². The minimum absolute atomic E-state index is 0.0844. The Bertz CT molecular complexity index is 1400. The zero-order valence-electron chi connectivity index (χ0n) is 22.6. The number of likely N-dealkylation sites (N-methyl/N-ethyl adjacent to an activating group) is 1. The average Bonchev–Trinajstić information content (AvgIpc) is 3.31. The monoisotopic (exact) mass is 646 g/mol. The standard InChI is InChI=1S/C26H33BrF2N4O4S2/c1-26(2,3)12-17(30-4)13-31-21-11-20(28)23(10-19(21)27)39(34,35)33(25-32-14-24(29)38-25)15-16-7-8-18(36-5)9-22(16)37-6/h7-11,14,17,30-31H,12-13,15H2,1-6H3/t17-/m0/s1. The predicted molar refractivity (Wildman–Crippen MR) is 154 cm³/mol. The van der Waals surface area contributed by atoms with E-state index < -0.39 is 25.9 Å². The van der Waals surface area contributed by atoms with Crippen molar-refractivity contribution in [3.63, 3.8) is 0 Å². The highest BCUT2D eigenvalue weighted by molar-refractivity contribution is 9.10. The van der Waals surface area contributed by atoms with E-state index in [0.717, 1.165) is 23.0 Å². The number of halogens is 3. The van der Waals surface area contributed by atoms with E-state index in [1.807, 2.05) is 7.05 Å². The summed E-state index contributed by atoms with van der Waals surface area (Å²) >= 11 is 3.92. The van der Waals surface area contributed by atoms with Crippen LogP contribution in [0.5, 0.6) is 11.5 Å². The van der Waals surface area contributed by atoms with Crippen molar-refractivity contribution in [3.05, 3.63) is 57.5 Å². The van der Waals surface area contributed by atoms with Crippen LogP contribution >= 0.6 is 27.3 Å². The maximum Gasteiger partial charge on any atom is 0.269 e. The number of ether oxygens (including phenoxy) is 2. The van der Waals surface area contributed by atoms with E-state index in [9.17, 15) is 12.8 Å². The number of sulfonamides is 1. The zero-order valence-corrected chi connectivity index (χ0v) is 25.9. The van der Waals surface area contributed by atoms with Gasteiger partial charge in [-0.2, -0.15) is 4.39 Å². The van der Waals surface area contributed by atoms with E-state index >= 15 is 4.39 Å². The van der Waals surface area contributed by atoms with Crippen LogP contribution in [-0.2, 0) is 16.6 Å². The molecular weight excluding hydrogens is 614 g/mol. The number of anilines is 2. The molecule has 0 radical (unpaired) electrons. The van der Waals surface area contributed by atoms with Gasteiger partial charge in [-0.05, 0) is 59.1 Å². The third kappa shape index (κ3) is 7.80. The third-order valence-corrected chi connectivity index (χ3v) is 9.21. The van der Waals surface area contributed by atoms with Crippen molar-refractivity contribution in [1.29, 1.82) is 0 Å². The molecule has 0 spiro atoms. The molecule has 8 nitrogen and oxygen atoms in total. The van der Waals surface area contributed by atoms with Gasteiger partial charge in [0.25, 0.3) is 10.0 Å². The summed E-state index contributed by atoms with van der Waals surface area (Å²) in [6.07, 6.45) is 1.79. The van der Waals surface area contributed by atoms with Crippen molar-refractivity contribution in [1.82, 2.24) is 10.3 Å². The van der Waals surface area contributed by atoms with Crippen molar-refractivity contribution in [2.24, 2.45) is 5.41 Å². The minimum atomic E-state index is -4.53. The second-order valence-corrected chi connectivity index (χ2v) is 13.7. The topological polar surface area (TPSA) is 92.8 Å². The van der Waals surface area contributed by atoms with Crippen LogP contribution < -0.4 is 24.4 Å². The van der Waals surface area contributed by atoms with Crippen LogP contribution in [0, 0.1) is 16.4 Å². The average molecular weight is 648 g/mol. The first kappa shape index (κ1) is 31.1. The largest absolute Gasteiger partial charge is 0.497 e. The number of hydrogen-bond acceptors (Lipinski definition) is 8. The molecule has 0 aliphatic carbocycles. The molecule has 214 valence electrons. The maximum absolute atomic E-state index is 15.5. The number of thiazole rings is 1. The molecule has 39 heavy (non-hydrogen) atoms. The molecule has 2 N–H and O–H groups in total. The lowest BCUT2D eigenvalue weighted by Gasteiger charge is -2.26. The summed E-state index contributed by atoms with van der Waals surface area (Å²) < 4.78 is 68.9. The van der Waals surface area contributed by atoms with Gasteiger partial charge in [0.15, 0.2) is 5.13 Å². The van der Waals surface area contributed by atoms with E-state index in [0.29, 0.717) is 45.1 Å². The van der Waals surface area contributed by atoms with E-state index in [4.69, 9.17) is 9.47 Å². The zero-order chi connectivity index (χ0) is 29.0. The Morgan fingerprint density at radius 3 is 2.44 bits per heavy atom. The first-order valence-electron chi connectivity index (χ1n) is 12.0. The van der Waals surface area contributed by atoms with Crippen LogP contribution in [0.4, 0.5) is 19.6 Å². The highest BCUT2D eigenvalue weighted by atomic mass is 79.9. The van der Waals surface area contributed by atoms with Crippen LogP contribution in [0.1, 0.15) is 32.8 Å². The molecule has 1 aromatic heterocycles.